The lowest BCUT2D eigenvalue weighted by Crippen LogP contribution is -2.28. The van der Waals surface area contributed by atoms with Gasteiger partial charge in [0.25, 0.3) is 0 Å². The summed E-state index contributed by atoms with van der Waals surface area (Å²) in [5.74, 6) is -0.793. The molecule has 0 fully saturated rings. The van der Waals surface area contributed by atoms with Crippen LogP contribution in [0.3, 0.4) is 0 Å². The molecule has 1 aliphatic heterocycles. The van der Waals surface area contributed by atoms with E-state index in [9.17, 15) is 31.2 Å². The quantitative estimate of drug-likeness (QED) is 0.489. The Kier molecular flexibility index (Phi) is 6.22. The molecule has 1 aliphatic rings. The molecular formula is C19H19F3N2O7S. The van der Waals surface area contributed by atoms with Crippen molar-refractivity contribution in [1.82, 2.24) is 9.78 Å². The van der Waals surface area contributed by atoms with Crippen molar-refractivity contribution >= 4 is 16.0 Å². The highest BCUT2D eigenvalue weighted by atomic mass is 32.2. The van der Waals surface area contributed by atoms with E-state index in [2.05, 4.69) is 9.84 Å². The number of nitrogens with zero attached hydrogens (tertiary/aromatic N) is 2. The van der Waals surface area contributed by atoms with E-state index in [4.69, 9.17) is 9.47 Å². The minimum atomic E-state index is -4.89. The first-order valence-electron chi connectivity index (χ1n) is 9.30. The fourth-order valence-corrected chi connectivity index (χ4v) is 5.28. The SMILES string of the molecule is COC(=O)OC(C)Oc1c(-c2ccc(C(F)(F)F)c3c2CCCS3(=O)=O)cnn(C)c1=O. The van der Waals surface area contributed by atoms with Crippen molar-refractivity contribution in [2.75, 3.05) is 12.9 Å². The molecule has 13 heteroatoms. The second-order valence-corrected chi connectivity index (χ2v) is 9.01. The van der Waals surface area contributed by atoms with Gasteiger partial charge in [0.2, 0.25) is 6.29 Å². The number of methoxy groups -OCH3 is 1. The maximum absolute atomic E-state index is 13.6. The van der Waals surface area contributed by atoms with Gasteiger partial charge in [-0.25, -0.2) is 17.9 Å². The molecule has 0 N–H and O–H groups in total. The zero-order chi connectivity index (χ0) is 23.8. The lowest BCUT2D eigenvalue weighted by atomic mass is 9.94. The Labute approximate surface area is 180 Å². The molecule has 3 rings (SSSR count). The Morgan fingerprint density at radius 1 is 1.25 bits per heavy atom. The number of fused-ring (bicyclic) bond motifs is 1. The topological polar surface area (TPSA) is 114 Å². The number of carbonyl (C=O) groups is 1. The maximum atomic E-state index is 13.6. The molecule has 32 heavy (non-hydrogen) atoms. The molecule has 0 aliphatic carbocycles. The summed E-state index contributed by atoms with van der Waals surface area (Å²) < 4.78 is 81.4. The van der Waals surface area contributed by atoms with E-state index in [-0.39, 0.29) is 35.3 Å². The number of ether oxygens (including phenoxy) is 3. The van der Waals surface area contributed by atoms with Crippen LogP contribution in [0.1, 0.15) is 24.5 Å². The molecule has 0 saturated heterocycles. The van der Waals surface area contributed by atoms with Gasteiger partial charge < -0.3 is 14.2 Å². The Balaban J connectivity index is 2.24. The number of alkyl halides is 3. The Morgan fingerprint density at radius 3 is 2.56 bits per heavy atom. The standard InChI is InChI=1S/C19H19F3N2O7S/c1-10(31-18(26)29-3)30-15-13(9-23-24(2)17(15)25)11-6-7-14(19(20,21)22)16-12(11)5-4-8-32(16,27)28/h6-7,9-10H,4-5,8H2,1-3H3. The molecule has 2 aromatic rings. The third-order valence-corrected chi connectivity index (χ3v) is 6.73. The number of aromatic nitrogens is 2. The molecule has 0 spiro atoms. The van der Waals surface area contributed by atoms with Crippen LogP contribution in [0.15, 0.2) is 28.0 Å². The van der Waals surface area contributed by atoms with Gasteiger partial charge in [0.05, 0.1) is 35.1 Å². The molecule has 0 bridgehead atoms. The monoisotopic (exact) mass is 476 g/mol. The molecule has 0 saturated carbocycles. The summed E-state index contributed by atoms with van der Waals surface area (Å²) in [5, 5.41) is 3.88. The molecule has 174 valence electrons. The van der Waals surface area contributed by atoms with Crippen LogP contribution in [0.2, 0.25) is 0 Å². The number of rotatable bonds is 4. The second-order valence-electron chi connectivity index (χ2n) is 6.96. The number of benzene rings is 1. The lowest BCUT2D eigenvalue weighted by molar-refractivity contribution is -0.140. The summed E-state index contributed by atoms with van der Waals surface area (Å²) in [5.41, 5.74) is -2.09. The highest BCUT2D eigenvalue weighted by Gasteiger charge is 2.41. The van der Waals surface area contributed by atoms with Crippen LogP contribution in [-0.4, -0.2) is 43.5 Å². The van der Waals surface area contributed by atoms with Crippen molar-refractivity contribution in [1.29, 1.82) is 0 Å². The van der Waals surface area contributed by atoms with Gasteiger partial charge in [0.1, 0.15) is 0 Å². The summed E-state index contributed by atoms with van der Waals surface area (Å²) >= 11 is 0. The van der Waals surface area contributed by atoms with Gasteiger partial charge in [-0.15, -0.1) is 0 Å². The first-order valence-corrected chi connectivity index (χ1v) is 11.0. The number of hydrogen-bond donors (Lipinski definition) is 0. The lowest BCUT2D eigenvalue weighted by Gasteiger charge is -2.25. The molecule has 1 atom stereocenters. The van der Waals surface area contributed by atoms with Gasteiger partial charge in [-0.2, -0.15) is 18.3 Å². The van der Waals surface area contributed by atoms with Gasteiger partial charge in [-0.3, -0.25) is 4.79 Å². The van der Waals surface area contributed by atoms with Gasteiger partial charge >= 0.3 is 17.9 Å². The van der Waals surface area contributed by atoms with Crippen molar-refractivity contribution in [2.24, 2.45) is 7.05 Å². The minimum absolute atomic E-state index is 0.0320. The Hall–Kier alpha value is -3.09. The zero-order valence-corrected chi connectivity index (χ0v) is 18.0. The van der Waals surface area contributed by atoms with Crippen LogP contribution in [0.5, 0.6) is 5.75 Å². The Morgan fingerprint density at radius 2 is 1.94 bits per heavy atom. The van der Waals surface area contributed by atoms with Gasteiger partial charge in [-0.1, -0.05) is 6.07 Å². The average Bonchev–Trinajstić information content (AvgIpc) is 2.70. The van der Waals surface area contributed by atoms with Crippen LogP contribution in [0.4, 0.5) is 18.0 Å². The summed E-state index contributed by atoms with van der Waals surface area (Å²) in [6, 6.07) is 1.74. The van der Waals surface area contributed by atoms with E-state index in [1.807, 2.05) is 0 Å². The summed E-state index contributed by atoms with van der Waals surface area (Å²) in [4.78, 5) is 23.2. The molecule has 1 aromatic heterocycles. The molecule has 0 amide bonds. The van der Waals surface area contributed by atoms with Crippen LogP contribution >= 0.6 is 0 Å². The largest absolute Gasteiger partial charge is 0.511 e. The van der Waals surface area contributed by atoms with Gasteiger partial charge in [-0.05, 0) is 30.0 Å². The molecule has 1 aromatic carbocycles. The van der Waals surface area contributed by atoms with E-state index in [1.54, 1.807) is 0 Å². The normalized spacial score (nSPS) is 16.1. The number of hydrogen-bond acceptors (Lipinski definition) is 8. The fraction of sp³-hybridized carbons (Fsp3) is 0.421. The van der Waals surface area contributed by atoms with Crippen molar-refractivity contribution in [2.45, 2.75) is 37.1 Å². The third kappa shape index (κ3) is 4.42. The summed E-state index contributed by atoms with van der Waals surface area (Å²) in [6.07, 6.45) is -5.95. The summed E-state index contributed by atoms with van der Waals surface area (Å²) in [6.45, 7) is 1.30. The second kappa shape index (κ2) is 8.45. The first-order chi connectivity index (χ1) is 14.9. The molecule has 0 radical (unpaired) electrons. The summed E-state index contributed by atoms with van der Waals surface area (Å²) in [7, 11) is -1.82. The van der Waals surface area contributed by atoms with Gasteiger partial charge in [0.15, 0.2) is 15.6 Å². The molecule has 2 heterocycles. The average molecular weight is 476 g/mol. The molecule has 9 nitrogen and oxygen atoms in total. The van der Waals surface area contributed by atoms with E-state index in [0.29, 0.717) is 6.07 Å². The Bertz CT molecular complexity index is 1220. The number of halogens is 3. The minimum Gasteiger partial charge on any atom is -0.448 e. The highest BCUT2D eigenvalue weighted by molar-refractivity contribution is 7.91. The smallest absolute Gasteiger partial charge is 0.448 e. The van der Waals surface area contributed by atoms with Gasteiger partial charge in [0, 0.05) is 14.0 Å². The highest BCUT2D eigenvalue weighted by Crippen LogP contribution is 2.43. The number of sulfone groups is 1. The van der Waals surface area contributed by atoms with Crippen molar-refractivity contribution < 1.29 is 40.6 Å². The van der Waals surface area contributed by atoms with Crippen LogP contribution in [0, 0.1) is 0 Å². The molecule has 1 unspecified atom stereocenters. The van der Waals surface area contributed by atoms with E-state index in [0.717, 1.165) is 17.9 Å². The van der Waals surface area contributed by atoms with E-state index >= 15 is 0 Å². The van der Waals surface area contributed by atoms with E-state index in [1.165, 1.54) is 20.2 Å². The maximum Gasteiger partial charge on any atom is 0.511 e. The van der Waals surface area contributed by atoms with Crippen molar-refractivity contribution in [3.63, 3.8) is 0 Å². The van der Waals surface area contributed by atoms with Crippen LogP contribution in [-0.2, 0) is 39.0 Å². The van der Waals surface area contributed by atoms with Crippen LogP contribution < -0.4 is 10.3 Å². The number of aryl methyl sites for hydroxylation is 1. The molecular weight excluding hydrogens is 457 g/mol. The zero-order valence-electron chi connectivity index (χ0n) is 17.2. The van der Waals surface area contributed by atoms with Crippen molar-refractivity contribution in [3.8, 4) is 16.9 Å². The predicted molar refractivity (Wildman–Crippen MR) is 104 cm³/mol. The fourth-order valence-electron chi connectivity index (χ4n) is 3.44. The first kappa shape index (κ1) is 23.6. The van der Waals surface area contributed by atoms with Crippen molar-refractivity contribution in [3.05, 3.63) is 39.8 Å². The van der Waals surface area contributed by atoms with E-state index < -0.39 is 50.2 Å². The predicted octanol–water partition coefficient (Wildman–Crippen LogP) is 2.69. The number of carbonyl (C=O) groups excluding carboxylic acids is 1. The third-order valence-electron chi connectivity index (χ3n) is 4.81. The van der Waals surface area contributed by atoms with Crippen LogP contribution in [0.25, 0.3) is 11.1 Å².